The minimum Gasteiger partial charge on any atom is -0.458 e. The smallest absolute Gasteiger partial charge is 0.332 e. The van der Waals surface area contributed by atoms with Gasteiger partial charge in [-0.3, -0.25) is 5.01 Å². The van der Waals surface area contributed by atoms with Gasteiger partial charge in [0.25, 0.3) is 0 Å². The number of aryl methyl sites for hydroxylation is 1. The Morgan fingerprint density at radius 1 is 1.29 bits per heavy atom. The average molecular weight is 333 g/mol. The number of hydrogen-bond donors (Lipinski definition) is 2. The summed E-state index contributed by atoms with van der Waals surface area (Å²) in [5, 5.41) is 4.30. The molecule has 1 aromatic carbocycles. The highest BCUT2D eigenvalue weighted by Crippen LogP contribution is 2.13. The van der Waals surface area contributed by atoms with E-state index < -0.39 is 17.6 Å². The second kappa shape index (κ2) is 7.66. The highest BCUT2D eigenvalue weighted by atomic mass is 16.6. The van der Waals surface area contributed by atoms with Gasteiger partial charge in [0.15, 0.2) is 0 Å². The first kappa shape index (κ1) is 18.3. The van der Waals surface area contributed by atoms with E-state index in [1.807, 2.05) is 52.0 Å². The van der Waals surface area contributed by atoms with Crippen molar-refractivity contribution >= 4 is 12.0 Å². The number of carbonyl (C=O) groups is 2. The lowest BCUT2D eigenvalue weighted by Gasteiger charge is -2.26. The van der Waals surface area contributed by atoms with E-state index >= 15 is 0 Å². The lowest BCUT2D eigenvalue weighted by molar-refractivity contribution is -0.157. The van der Waals surface area contributed by atoms with Gasteiger partial charge in [-0.05, 0) is 39.7 Å². The molecular formula is C18H27N3O3. The zero-order chi connectivity index (χ0) is 17.7. The summed E-state index contributed by atoms with van der Waals surface area (Å²) in [6.45, 7) is 8.86. The molecule has 1 aliphatic heterocycles. The molecule has 132 valence electrons. The third-order valence-electron chi connectivity index (χ3n) is 3.66. The number of amides is 2. The molecule has 1 saturated heterocycles. The molecule has 0 radical (unpaired) electrons. The van der Waals surface area contributed by atoms with Crippen LogP contribution in [0.4, 0.5) is 4.79 Å². The molecule has 1 aromatic rings. The molecule has 0 unspecified atom stereocenters. The zero-order valence-electron chi connectivity index (χ0n) is 14.9. The van der Waals surface area contributed by atoms with Crippen LogP contribution in [0.1, 0.15) is 38.3 Å². The van der Waals surface area contributed by atoms with Crippen molar-refractivity contribution in [3.05, 3.63) is 35.4 Å². The number of benzene rings is 1. The highest BCUT2D eigenvalue weighted by molar-refractivity contribution is 5.84. The molecule has 24 heavy (non-hydrogen) atoms. The van der Waals surface area contributed by atoms with Crippen molar-refractivity contribution < 1.29 is 14.3 Å². The molecular weight excluding hydrogens is 306 g/mol. The van der Waals surface area contributed by atoms with Crippen LogP contribution in [0.25, 0.3) is 0 Å². The van der Waals surface area contributed by atoms with E-state index in [0.29, 0.717) is 13.0 Å². The van der Waals surface area contributed by atoms with Crippen LogP contribution in [0, 0.1) is 6.92 Å². The monoisotopic (exact) mass is 333 g/mol. The third-order valence-corrected chi connectivity index (χ3v) is 3.66. The van der Waals surface area contributed by atoms with Gasteiger partial charge in [0.05, 0.1) is 0 Å². The molecule has 0 bridgehead atoms. The van der Waals surface area contributed by atoms with Gasteiger partial charge < -0.3 is 10.1 Å². The molecule has 6 heteroatoms. The second-order valence-electron chi connectivity index (χ2n) is 7.14. The van der Waals surface area contributed by atoms with E-state index in [9.17, 15) is 9.59 Å². The Labute approximate surface area is 143 Å². The summed E-state index contributed by atoms with van der Waals surface area (Å²) in [5.74, 6) is -0.421. The standard InChI is InChI=1S/C18H27N3O3/c1-13-6-8-14(9-7-13)12-15(16(22)24-18(2,3)4)20-17(23)21-11-5-10-19-21/h6-9,15,19H,5,10-12H2,1-4H3,(H,20,23)/t15-/m0/s1. The normalized spacial score (nSPS) is 15.9. The van der Waals surface area contributed by atoms with E-state index in [-0.39, 0.29) is 6.03 Å². The summed E-state index contributed by atoms with van der Waals surface area (Å²) in [4.78, 5) is 24.8. The predicted molar refractivity (Wildman–Crippen MR) is 92.4 cm³/mol. The number of hydrazine groups is 1. The number of urea groups is 1. The fourth-order valence-electron chi connectivity index (χ4n) is 2.46. The molecule has 0 saturated carbocycles. The van der Waals surface area contributed by atoms with Gasteiger partial charge >= 0.3 is 12.0 Å². The number of rotatable bonds is 4. The van der Waals surface area contributed by atoms with E-state index in [1.165, 1.54) is 5.01 Å². The van der Waals surface area contributed by atoms with Crippen LogP contribution in [0.2, 0.25) is 0 Å². The SMILES string of the molecule is Cc1ccc(C[C@H](NC(=O)N2CCCN2)C(=O)OC(C)(C)C)cc1. The number of nitrogens with zero attached hydrogens (tertiary/aromatic N) is 1. The fourth-order valence-corrected chi connectivity index (χ4v) is 2.46. The molecule has 6 nitrogen and oxygen atoms in total. The maximum atomic E-state index is 12.5. The summed E-state index contributed by atoms with van der Waals surface area (Å²) in [6, 6.07) is 6.90. The number of ether oxygens (including phenoxy) is 1. The molecule has 2 N–H and O–H groups in total. The maximum absolute atomic E-state index is 12.5. The van der Waals surface area contributed by atoms with Crippen LogP contribution in [-0.2, 0) is 16.0 Å². The van der Waals surface area contributed by atoms with Crippen molar-refractivity contribution in [2.24, 2.45) is 0 Å². The first-order valence-corrected chi connectivity index (χ1v) is 8.34. The maximum Gasteiger partial charge on any atom is 0.332 e. The zero-order valence-corrected chi connectivity index (χ0v) is 14.9. The van der Waals surface area contributed by atoms with E-state index in [1.54, 1.807) is 0 Å². The Morgan fingerprint density at radius 3 is 2.50 bits per heavy atom. The minimum absolute atomic E-state index is 0.296. The topological polar surface area (TPSA) is 70.7 Å². The van der Waals surface area contributed by atoms with E-state index in [4.69, 9.17) is 4.74 Å². The molecule has 2 amide bonds. The Kier molecular flexibility index (Phi) is 5.83. The van der Waals surface area contributed by atoms with Crippen LogP contribution in [0.15, 0.2) is 24.3 Å². The van der Waals surface area contributed by atoms with Crippen LogP contribution in [0.5, 0.6) is 0 Å². The lowest BCUT2D eigenvalue weighted by Crippen LogP contribution is -2.52. The quantitative estimate of drug-likeness (QED) is 0.829. The predicted octanol–water partition coefficient (Wildman–Crippen LogP) is 2.17. The molecule has 0 spiro atoms. The summed E-state index contributed by atoms with van der Waals surface area (Å²) in [7, 11) is 0. The van der Waals surface area contributed by atoms with Crippen LogP contribution in [-0.4, -0.2) is 41.7 Å². The van der Waals surface area contributed by atoms with Gasteiger partial charge in [-0.1, -0.05) is 29.8 Å². The molecule has 1 aliphatic rings. The molecule has 2 rings (SSSR count). The van der Waals surface area contributed by atoms with Gasteiger partial charge in [-0.25, -0.2) is 15.0 Å². The van der Waals surface area contributed by atoms with Crippen molar-refractivity contribution in [3.8, 4) is 0 Å². The van der Waals surface area contributed by atoms with Gasteiger partial charge in [-0.2, -0.15) is 0 Å². The van der Waals surface area contributed by atoms with Crippen LogP contribution in [0.3, 0.4) is 0 Å². The number of esters is 1. The Hall–Kier alpha value is -2.08. The number of hydrogen-bond acceptors (Lipinski definition) is 4. The number of carbonyl (C=O) groups excluding carboxylic acids is 2. The van der Waals surface area contributed by atoms with E-state index in [0.717, 1.165) is 24.1 Å². The summed E-state index contributed by atoms with van der Waals surface area (Å²) in [5.41, 5.74) is 4.52. The molecule has 1 fully saturated rings. The largest absolute Gasteiger partial charge is 0.458 e. The Morgan fingerprint density at radius 2 is 1.96 bits per heavy atom. The third kappa shape index (κ3) is 5.53. The highest BCUT2D eigenvalue weighted by Gasteiger charge is 2.29. The molecule has 0 aromatic heterocycles. The van der Waals surface area contributed by atoms with Crippen molar-refractivity contribution in [2.45, 2.75) is 52.2 Å². The average Bonchev–Trinajstić information content (AvgIpc) is 3.01. The Bertz CT molecular complexity index is 572. The van der Waals surface area contributed by atoms with E-state index in [2.05, 4.69) is 10.7 Å². The van der Waals surface area contributed by atoms with Gasteiger partial charge in [0.2, 0.25) is 0 Å². The lowest BCUT2D eigenvalue weighted by atomic mass is 10.0. The van der Waals surface area contributed by atoms with Gasteiger partial charge in [0, 0.05) is 19.5 Å². The number of nitrogens with one attached hydrogen (secondary N) is 2. The van der Waals surface area contributed by atoms with Crippen molar-refractivity contribution in [2.75, 3.05) is 13.1 Å². The van der Waals surface area contributed by atoms with Gasteiger partial charge in [0.1, 0.15) is 11.6 Å². The second-order valence-corrected chi connectivity index (χ2v) is 7.14. The molecule has 1 atom stereocenters. The minimum atomic E-state index is -0.721. The van der Waals surface area contributed by atoms with Crippen LogP contribution < -0.4 is 10.7 Å². The first-order chi connectivity index (χ1) is 11.2. The van der Waals surface area contributed by atoms with Crippen molar-refractivity contribution in [3.63, 3.8) is 0 Å². The summed E-state index contributed by atoms with van der Waals surface area (Å²) < 4.78 is 5.47. The Balaban J connectivity index is 2.08. The van der Waals surface area contributed by atoms with Crippen molar-refractivity contribution in [1.82, 2.24) is 15.8 Å². The fraction of sp³-hybridized carbons (Fsp3) is 0.556. The van der Waals surface area contributed by atoms with Crippen LogP contribution >= 0.6 is 0 Å². The summed E-state index contributed by atoms with van der Waals surface area (Å²) >= 11 is 0. The van der Waals surface area contributed by atoms with Gasteiger partial charge in [-0.15, -0.1) is 0 Å². The first-order valence-electron chi connectivity index (χ1n) is 8.34. The molecule has 1 heterocycles. The summed E-state index contributed by atoms with van der Waals surface area (Å²) in [6.07, 6.45) is 1.30. The van der Waals surface area contributed by atoms with Crippen molar-refractivity contribution in [1.29, 1.82) is 0 Å². The molecule has 0 aliphatic carbocycles.